The van der Waals surface area contributed by atoms with Crippen molar-refractivity contribution in [1.29, 1.82) is 0 Å². The van der Waals surface area contributed by atoms with Gasteiger partial charge in [-0.3, -0.25) is 9.79 Å². The fraction of sp³-hybridized carbons (Fsp3) is 0.619. The van der Waals surface area contributed by atoms with E-state index in [2.05, 4.69) is 41.2 Å². The van der Waals surface area contributed by atoms with Gasteiger partial charge in [0, 0.05) is 26.7 Å². The van der Waals surface area contributed by atoms with Gasteiger partial charge in [-0.05, 0) is 43.4 Å². The number of esters is 1. The van der Waals surface area contributed by atoms with Crippen molar-refractivity contribution in [2.75, 3.05) is 33.4 Å². The number of piperidine rings is 1. The SMILES string of the molecule is CCOC(=O)C1CCN(C(=NC)NCc2cccc(OCC(C)C)c2)CC1.I. The van der Waals surface area contributed by atoms with E-state index < -0.39 is 0 Å². The van der Waals surface area contributed by atoms with Crippen LogP contribution in [0.3, 0.4) is 0 Å². The quantitative estimate of drug-likeness (QED) is 0.266. The summed E-state index contributed by atoms with van der Waals surface area (Å²) in [5, 5.41) is 3.42. The number of benzene rings is 1. The summed E-state index contributed by atoms with van der Waals surface area (Å²) >= 11 is 0. The van der Waals surface area contributed by atoms with Gasteiger partial charge in [0.1, 0.15) is 5.75 Å². The predicted molar refractivity (Wildman–Crippen MR) is 123 cm³/mol. The van der Waals surface area contributed by atoms with Crippen LogP contribution in [-0.2, 0) is 16.1 Å². The van der Waals surface area contributed by atoms with Crippen molar-refractivity contribution in [3.8, 4) is 5.75 Å². The Morgan fingerprint density at radius 1 is 1.32 bits per heavy atom. The van der Waals surface area contributed by atoms with Gasteiger partial charge in [-0.1, -0.05) is 26.0 Å². The van der Waals surface area contributed by atoms with Gasteiger partial charge in [0.15, 0.2) is 5.96 Å². The first-order valence-corrected chi connectivity index (χ1v) is 9.87. The molecule has 1 aliphatic heterocycles. The molecule has 1 heterocycles. The van der Waals surface area contributed by atoms with E-state index in [4.69, 9.17) is 9.47 Å². The molecule has 158 valence electrons. The number of nitrogens with one attached hydrogen (secondary N) is 1. The molecule has 2 rings (SSSR count). The molecule has 1 aromatic rings. The number of nitrogens with zero attached hydrogens (tertiary/aromatic N) is 2. The number of halogens is 1. The van der Waals surface area contributed by atoms with Gasteiger partial charge in [-0.2, -0.15) is 0 Å². The molecule has 0 aliphatic carbocycles. The third-order valence-electron chi connectivity index (χ3n) is 4.56. The molecule has 1 N–H and O–H groups in total. The van der Waals surface area contributed by atoms with Gasteiger partial charge in [-0.15, -0.1) is 24.0 Å². The fourth-order valence-corrected chi connectivity index (χ4v) is 3.11. The van der Waals surface area contributed by atoms with Gasteiger partial charge >= 0.3 is 5.97 Å². The first-order chi connectivity index (χ1) is 13.0. The minimum Gasteiger partial charge on any atom is -0.493 e. The Morgan fingerprint density at radius 2 is 2.04 bits per heavy atom. The van der Waals surface area contributed by atoms with Crippen molar-refractivity contribution in [3.63, 3.8) is 0 Å². The van der Waals surface area contributed by atoms with Crippen LogP contribution in [-0.4, -0.2) is 50.2 Å². The lowest BCUT2D eigenvalue weighted by Crippen LogP contribution is -2.46. The zero-order chi connectivity index (χ0) is 19.6. The second-order valence-corrected chi connectivity index (χ2v) is 7.27. The summed E-state index contributed by atoms with van der Waals surface area (Å²) in [6.07, 6.45) is 1.61. The first-order valence-electron chi connectivity index (χ1n) is 9.87. The lowest BCUT2D eigenvalue weighted by molar-refractivity contribution is -0.149. The van der Waals surface area contributed by atoms with E-state index in [9.17, 15) is 4.79 Å². The number of ether oxygens (including phenoxy) is 2. The van der Waals surface area contributed by atoms with Gasteiger partial charge in [-0.25, -0.2) is 0 Å². The van der Waals surface area contributed by atoms with Crippen LogP contribution in [0.25, 0.3) is 0 Å². The van der Waals surface area contributed by atoms with Crippen LogP contribution < -0.4 is 10.1 Å². The molecule has 0 amide bonds. The number of likely N-dealkylation sites (tertiary alicyclic amines) is 1. The fourth-order valence-electron chi connectivity index (χ4n) is 3.11. The van der Waals surface area contributed by atoms with Crippen LogP contribution in [0, 0.1) is 11.8 Å². The van der Waals surface area contributed by atoms with Crippen molar-refractivity contribution in [3.05, 3.63) is 29.8 Å². The Hall–Kier alpha value is -1.51. The number of guanidine groups is 1. The molecule has 0 aromatic heterocycles. The summed E-state index contributed by atoms with van der Waals surface area (Å²) in [5.74, 6) is 2.20. The third-order valence-corrected chi connectivity index (χ3v) is 4.56. The van der Waals surface area contributed by atoms with Crippen LogP contribution in [0.4, 0.5) is 0 Å². The van der Waals surface area contributed by atoms with Gasteiger partial charge < -0.3 is 19.7 Å². The molecule has 0 radical (unpaired) electrons. The summed E-state index contributed by atoms with van der Waals surface area (Å²) < 4.78 is 10.9. The molecular weight excluding hydrogens is 469 g/mol. The monoisotopic (exact) mass is 503 g/mol. The highest BCUT2D eigenvalue weighted by Crippen LogP contribution is 2.19. The van der Waals surface area contributed by atoms with Crippen LogP contribution in [0.5, 0.6) is 5.75 Å². The molecule has 1 fully saturated rings. The minimum absolute atomic E-state index is 0. The Morgan fingerprint density at radius 3 is 2.64 bits per heavy atom. The van der Waals surface area contributed by atoms with E-state index >= 15 is 0 Å². The summed E-state index contributed by atoms with van der Waals surface area (Å²) in [4.78, 5) is 18.5. The maximum atomic E-state index is 11.9. The van der Waals surface area contributed by atoms with Crippen LogP contribution >= 0.6 is 24.0 Å². The van der Waals surface area contributed by atoms with Gasteiger partial charge in [0.05, 0.1) is 19.1 Å². The predicted octanol–water partition coefficient (Wildman–Crippen LogP) is 3.69. The average molecular weight is 503 g/mol. The van der Waals surface area contributed by atoms with Crippen LogP contribution in [0.2, 0.25) is 0 Å². The molecule has 1 aliphatic rings. The van der Waals surface area contributed by atoms with Crippen molar-refractivity contribution >= 4 is 35.9 Å². The van der Waals surface area contributed by atoms with Gasteiger partial charge in [0.2, 0.25) is 0 Å². The molecule has 0 atom stereocenters. The standard InChI is InChI=1S/C21H33N3O3.HI/c1-5-26-20(25)18-9-11-24(12-10-18)21(22-4)23-14-17-7-6-8-19(13-17)27-15-16(2)3;/h6-8,13,16,18H,5,9-12,14-15H2,1-4H3,(H,22,23);1H. The lowest BCUT2D eigenvalue weighted by atomic mass is 9.97. The second kappa shape index (κ2) is 12.9. The normalized spacial score (nSPS) is 15.2. The Balaban J connectivity index is 0.00000392. The van der Waals surface area contributed by atoms with Crippen molar-refractivity contribution in [2.24, 2.45) is 16.8 Å². The summed E-state index contributed by atoms with van der Waals surface area (Å²) in [7, 11) is 1.79. The average Bonchev–Trinajstić information content (AvgIpc) is 2.68. The molecule has 6 nitrogen and oxygen atoms in total. The van der Waals surface area contributed by atoms with E-state index in [-0.39, 0.29) is 35.9 Å². The molecular formula is C21H34IN3O3. The zero-order valence-electron chi connectivity index (χ0n) is 17.4. The maximum Gasteiger partial charge on any atom is 0.309 e. The largest absolute Gasteiger partial charge is 0.493 e. The summed E-state index contributed by atoms with van der Waals surface area (Å²) in [6.45, 7) is 9.59. The number of carbonyl (C=O) groups is 1. The summed E-state index contributed by atoms with van der Waals surface area (Å²) in [6, 6.07) is 8.15. The van der Waals surface area contributed by atoms with E-state index in [0.29, 0.717) is 25.7 Å². The smallest absolute Gasteiger partial charge is 0.309 e. The van der Waals surface area contributed by atoms with Crippen molar-refractivity contribution in [1.82, 2.24) is 10.2 Å². The highest BCUT2D eigenvalue weighted by molar-refractivity contribution is 14.0. The highest BCUT2D eigenvalue weighted by Gasteiger charge is 2.27. The zero-order valence-corrected chi connectivity index (χ0v) is 19.8. The molecule has 1 aromatic carbocycles. The third kappa shape index (κ3) is 7.85. The Labute approximate surface area is 186 Å². The van der Waals surface area contributed by atoms with E-state index in [1.54, 1.807) is 7.05 Å². The van der Waals surface area contributed by atoms with Crippen molar-refractivity contribution < 1.29 is 14.3 Å². The number of carbonyl (C=O) groups excluding carboxylic acids is 1. The van der Waals surface area contributed by atoms with E-state index in [1.807, 2.05) is 19.1 Å². The Kier molecular flexibility index (Phi) is 11.3. The number of aliphatic imine (C=N–C) groups is 1. The molecule has 1 saturated heterocycles. The Bertz CT molecular complexity index is 629. The molecule has 0 bridgehead atoms. The topological polar surface area (TPSA) is 63.2 Å². The van der Waals surface area contributed by atoms with Gasteiger partial charge in [0.25, 0.3) is 0 Å². The van der Waals surface area contributed by atoms with E-state index in [1.165, 1.54) is 0 Å². The molecule has 0 spiro atoms. The second-order valence-electron chi connectivity index (χ2n) is 7.27. The summed E-state index contributed by atoms with van der Waals surface area (Å²) in [5.41, 5.74) is 1.15. The lowest BCUT2D eigenvalue weighted by Gasteiger charge is -2.33. The molecule has 28 heavy (non-hydrogen) atoms. The van der Waals surface area contributed by atoms with Crippen molar-refractivity contribution in [2.45, 2.75) is 40.2 Å². The maximum absolute atomic E-state index is 11.9. The molecule has 0 saturated carbocycles. The number of hydrogen-bond acceptors (Lipinski definition) is 4. The number of rotatable bonds is 7. The van der Waals surface area contributed by atoms with Crippen LogP contribution in [0.15, 0.2) is 29.3 Å². The first kappa shape index (κ1) is 24.5. The molecule has 7 heteroatoms. The highest BCUT2D eigenvalue weighted by atomic mass is 127. The molecule has 0 unspecified atom stereocenters. The minimum atomic E-state index is -0.0710. The van der Waals surface area contributed by atoms with Crippen LogP contribution in [0.1, 0.15) is 39.2 Å². The number of hydrogen-bond donors (Lipinski definition) is 1. The van der Waals surface area contributed by atoms with E-state index in [0.717, 1.165) is 43.2 Å².